The molecule has 0 aliphatic rings. The van der Waals surface area contributed by atoms with Crippen molar-refractivity contribution in [2.75, 3.05) is 6.54 Å². The third-order valence-electron chi connectivity index (χ3n) is 2.34. The van der Waals surface area contributed by atoms with Crippen LogP contribution >= 0.6 is 0 Å². The van der Waals surface area contributed by atoms with Crippen molar-refractivity contribution < 1.29 is 14.7 Å². The summed E-state index contributed by atoms with van der Waals surface area (Å²) in [7, 11) is 0. The molecule has 0 aromatic heterocycles. The maximum atomic E-state index is 11.4. The minimum Gasteiger partial charge on any atom is -0.480 e. The fraction of sp³-hybridized carbons (Fsp3) is 0.800. The Morgan fingerprint density at radius 2 is 2.00 bits per heavy atom. The number of amides is 1. The van der Waals surface area contributed by atoms with E-state index < -0.39 is 24.0 Å². The van der Waals surface area contributed by atoms with Gasteiger partial charge < -0.3 is 21.9 Å². The van der Waals surface area contributed by atoms with Crippen LogP contribution < -0.4 is 16.8 Å². The Kier molecular flexibility index (Phi) is 7.49. The van der Waals surface area contributed by atoms with E-state index in [2.05, 4.69) is 5.32 Å². The van der Waals surface area contributed by atoms with Crippen molar-refractivity contribution in [3.8, 4) is 0 Å². The largest absolute Gasteiger partial charge is 0.480 e. The molecule has 0 fully saturated rings. The molecular formula is C10H21N3O3. The first-order valence-electron chi connectivity index (χ1n) is 5.51. The fourth-order valence-electron chi connectivity index (χ4n) is 1.21. The molecule has 0 saturated heterocycles. The van der Waals surface area contributed by atoms with Crippen LogP contribution in [0.1, 0.15) is 32.6 Å². The van der Waals surface area contributed by atoms with Crippen molar-refractivity contribution in [2.24, 2.45) is 11.5 Å². The molecule has 0 heterocycles. The van der Waals surface area contributed by atoms with E-state index in [0.29, 0.717) is 25.8 Å². The summed E-state index contributed by atoms with van der Waals surface area (Å²) in [5, 5.41) is 11.3. The van der Waals surface area contributed by atoms with Crippen molar-refractivity contribution in [3.63, 3.8) is 0 Å². The van der Waals surface area contributed by atoms with Crippen molar-refractivity contribution in [1.29, 1.82) is 0 Å². The maximum Gasteiger partial charge on any atom is 0.326 e. The van der Waals surface area contributed by atoms with E-state index in [0.717, 1.165) is 6.42 Å². The molecule has 6 nitrogen and oxygen atoms in total. The Bertz CT molecular complexity index is 233. The average molecular weight is 231 g/mol. The summed E-state index contributed by atoms with van der Waals surface area (Å²) in [4.78, 5) is 22.3. The predicted octanol–water partition coefficient (Wildman–Crippen LogP) is -0.578. The molecule has 0 spiro atoms. The van der Waals surface area contributed by atoms with Gasteiger partial charge >= 0.3 is 5.97 Å². The number of nitrogens with one attached hydrogen (secondary N) is 1. The molecule has 0 aliphatic heterocycles. The SMILES string of the molecule is CC[C@H](N)C(=O)N[C@@H](CCCCN)C(=O)O. The van der Waals surface area contributed by atoms with Crippen LogP contribution in [-0.2, 0) is 9.59 Å². The summed E-state index contributed by atoms with van der Waals surface area (Å²) < 4.78 is 0. The van der Waals surface area contributed by atoms with Gasteiger partial charge in [-0.2, -0.15) is 0 Å². The Hall–Kier alpha value is -1.14. The summed E-state index contributed by atoms with van der Waals surface area (Å²) >= 11 is 0. The number of unbranched alkanes of at least 4 members (excludes halogenated alkanes) is 1. The van der Waals surface area contributed by atoms with Gasteiger partial charge in [0.1, 0.15) is 6.04 Å². The van der Waals surface area contributed by atoms with Crippen molar-refractivity contribution >= 4 is 11.9 Å². The molecule has 2 atom stereocenters. The van der Waals surface area contributed by atoms with Gasteiger partial charge in [0.2, 0.25) is 5.91 Å². The summed E-state index contributed by atoms with van der Waals surface area (Å²) in [5.41, 5.74) is 10.8. The summed E-state index contributed by atoms with van der Waals surface area (Å²) in [5.74, 6) is -1.45. The van der Waals surface area contributed by atoms with Gasteiger partial charge in [-0.15, -0.1) is 0 Å². The number of nitrogens with two attached hydrogens (primary N) is 2. The quantitative estimate of drug-likeness (QED) is 0.417. The minimum absolute atomic E-state index is 0.384. The molecule has 0 radical (unpaired) electrons. The van der Waals surface area contributed by atoms with E-state index in [1.807, 2.05) is 0 Å². The van der Waals surface area contributed by atoms with Gasteiger partial charge in [0, 0.05) is 0 Å². The van der Waals surface area contributed by atoms with E-state index in [1.54, 1.807) is 6.92 Å². The standard InChI is InChI=1S/C10H21N3O3/c1-2-7(12)9(14)13-8(10(15)16)5-3-4-6-11/h7-8H,2-6,11-12H2,1H3,(H,13,14)(H,15,16)/t7-,8-/m0/s1. The first kappa shape index (κ1) is 14.9. The van der Waals surface area contributed by atoms with Crippen LogP contribution in [0.25, 0.3) is 0 Å². The van der Waals surface area contributed by atoms with Gasteiger partial charge in [-0.05, 0) is 32.2 Å². The lowest BCUT2D eigenvalue weighted by molar-refractivity contribution is -0.142. The number of carbonyl (C=O) groups excluding carboxylic acids is 1. The molecule has 0 bridgehead atoms. The second-order valence-electron chi connectivity index (χ2n) is 3.70. The highest BCUT2D eigenvalue weighted by molar-refractivity contribution is 5.86. The van der Waals surface area contributed by atoms with Crippen LogP contribution in [0.2, 0.25) is 0 Å². The lowest BCUT2D eigenvalue weighted by Crippen LogP contribution is -2.48. The zero-order valence-electron chi connectivity index (χ0n) is 9.61. The number of aliphatic carboxylic acids is 1. The van der Waals surface area contributed by atoms with Gasteiger partial charge in [-0.1, -0.05) is 6.92 Å². The van der Waals surface area contributed by atoms with Crippen LogP contribution in [0.5, 0.6) is 0 Å². The van der Waals surface area contributed by atoms with Crippen LogP contribution in [0.4, 0.5) is 0 Å². The molecule has 0 aromatic carbocycles. The predicted molar refractivity (Wildman–Crippen MR) is 60.7 cm³/mol. The molecule has 6 N–H and O–H groups in total. The third kappa shape index (κ3) is 5.67. The van der Waals surface area contributed by atoms with Crippen LogP contribution in [0.3, 0.4) is 0 Å². The van der Waals surface area contributed by atoms with Crippen molar-refractivity contribution in [1.82, 2.24) is 5.32 Å². The summed E-state index contributed by atoms with van der Waals surface area (Å²) in [6.07, 6.45) is 2.30. The summed E-state index contributed by atoms with van der Waals surface area (Å²) in [6.45, 7) is 2.29. The number of carboxylic acids is 1. The number of hydrogen-bond donors (Lipinski definition) is 4. The molecule has 6 heteroatoms. The van der Waals surface area contributed by atoms with E-state index in [9.17, 15) is 9.59 Å². The molecule has 0 aromatic rings. The third-order valence-corrected chi connectivity index (χ3v) is 2.34. The lowest BCUT2D eigenvalue weighted by Gasteiger charge is -2.16. The molecular weight excluding hydrogens is 210 g/mol. The highest BCUT2D eigenvalue weighted by Gasteiger charge is 2.21. The Morgan fingerprint density at radius 1 is 1.38 bits per heavy atom. The van der Waals surface area contributed by atoms with Crippen molar-refractivity contribution in [2.45, 2.75) is 44.7 Å². The van der Waals surface area contributed by atoms with E-state index in [1.165, 1.54) is 0 Å². The topological polar surface area (TPSA) is 118 Å². The maximum absolute atomic E-state index is 11.4. The highest BCUT2D eigenvalue weighted by atomic mass is 16.4. The fourth-order valence-corrected chi connectivity index (χ4v) is 1.21. The molecule has 94 valence electrons. The average Bonchev–Trinajstić information content (AvgIpc) is 2.26. The van der Waals surface area contributed by atoms with Gasteiger partial charge in [-0.3, -0.25) is 4.79 Å². The number of carbonyl (C=O) groups is 2. The second-order valence-corrected chi connectivity index (χ2v) is 3.70. The number of hydrogen-bond acceptors (Lipinski definition) is 4. The highest BCUT2D eigenvalue weighted by Crippen LogP contribution is 2.01. The van der Waals surface area contributed by atoms with Crippen molar-refractivity contribution in [3.05, 3.63) is 0 Å². The molecule has 0 aliphatic carbocycles. The van der Waals surface area contributed by atoms with Gasteiger partial charge in [0.05, 0.1) is 6.04 Å². The Labute approximate surface area is 95.4 Å². The summed E-state index contributed by atoms with van der Waals surface area (Å²) in [6, 6.07) is -1.51. The monoisotopic (exact) mass is 231 g/mol. The van der Waals surface area contributed by atoms with Gasteiger partial charge in [0.15, 0.2) is 0 Å². The minimum atomic E-state index is -1.03. The Morgan fingerprint density at radius 3 is 2.44 bits per heavy atom. The molecule has 16 heavy (non-hydrogen) atoms. The molecule has 0 rings (SSSR count). The van der Waals surface area contributed by atoms with Crippen LogP contribution in [0, 0.1) is 0 Å². The Balaban J connectivity index is 4.12. The zero-order chi connectivity index (χ0) is 12.6. The van der Waals surface area contributed by atoms with Gasteiger partial charge in [0.25, 0.3) is 0 Å². The lowest BCUT2D eigenvalue weighted by atomic mass is 10.1. The normalized spacial score (nSPS) is 14.2. The first-order chi connectivity index (χ1) is 7.52. The molecule has 1 amide bonds. The first-order valence-corrected chi connectivity index (χ1v) is 5.51. The second kappa shape index (κ2) is 8.06. The van der Waals surface area contributed by atoms with E-state index >= 15 is 0 Å². The molecule has 0 saturated carbocycles. The molecule has 0 unspecified atom stereocenters. The number of rotatable bonds is 8. The number of carboxylic acid groups (broad SMARTS) is 1. The van der Waals surface area contributed by atoms with E-state index in [4.69, 9.17) is 16.6 Å². The van der Waals surface area contributed by atoms with Crippen LogP contribution in [-0.4, -0.2) is 35.6 Å². The van der Waals surface area contributed by atoms with E-state index in [-0.39, 0.29) is 0 Å². The zero-order valence-corrected chi connectivity index (χ0v) is 9.61. The van der Waals surface area contributed by atoms with Gasteiger partial charge in [-0.25, -0.2) is 4.79 Å². The van der Waals surface area contributed by atoms with Crippen LogP contribution in [0.15, 0.2) is 0 Å². The smallest absolute Gasteiger partial charge is 0.326 e.